The third-order valence-electron chi connectivity index (χ3n) is 1.96. The first-order chi connectivity index (χ1) is 7.72. The van der Waals surface area contributed by atoms with E-state index in [1.165, 1.54) is 12.1 Å². The van der Waals surface area contributed by atoms with Gasteiger partial charge in [0, 0.05) is 19.0 Å². The highest BCUT2D eigenvalue weighted by atomic mass is 35.5. The second kappa shape index (κ2) is 7.06. The van der Waals surface area contributed by atoms with Gasteiger partial charge in [-0.3, -0.25) is 0 Å². The number of urea groups is 1. The van der Waals surface area contributed by atoms with Crippen LogP contribution in [0.5, 0.6) is 0 Å². The summed E-state index contributed by atoms with van der Waals surface area (Å²) in [5.74, 6) is 0.244. The molecule has 0 spiro atoms. The van der Waals surface area contributed by atoms with Crippen LogP contribution in [0.15, 0.2) is 24.3 Å². The van der Waals surface area contributed by atoms with Crippen LogP contribution in [-0.4, -0.2) is 18.5 Å². The summed E-state index contributed by atoms with van der Waals surface area (Å²) in [6.07, 6.45) is 0.742. The molecule has 0 heterocycles. The summed E-state index contributed by atoms with van der Waals surface area (Å²) < 4.78 is 12.6. The zero-order valence-corrected chi connectivity index (χ0v) is 9.56. The first kappa shape index (κ1) is 12.8. The van der Waals surface area contributed by atoms with Gasteiger partial charge in [-0.1, -0.05) is 12.1 Å². The van der Waals surface area contributed by atoms with Gasteiger partial charge >= 0.3 is 6.03 Å². The van der Waals surface area contributed by atoms with Crippen molar-refractivity contribution in [2.24, 2.45) is 0 Å². The van der Waals surface area contributed by atoms with Crippen LogP contribution < -0.4 is 10.6 Å². The Balaban J connectivity index is 2.23. The van der Waals surface area contributed by atoms with E-state index in [1.807, 2.05) is 0 Å². The molecule has 16 heavy (non-hydrogen) atoms. The lowest BCUT2D eigenvalue weighted by Gasteiger charge is -2.06. The monoisotopic (exact) mass is 244 g/mol. The molecule has 2 N–H and O–H groups in total. The average molecular weight is 245 g/mol. The molecule has 1 rings (SSSR count). The van der Waals surface area contributed by atoms with E-state index in [0.29, 0.717) is 19.0 Å². The van der Waals surface area contributed by atoms with E-state index in [2.05, 4.69) is 10.6 Å². The minimum atomic E-state index is -0.282. The first-order valence-corrected chi connectivity index (χ1v) is 5.58. The van der Waals surface area contributed by atoms with Gasteiger partial charge in [-0.2, -0.15) is 0 Å². The van der Waals surface area contributed by atoms with Crippen molar-refractivity contribution in [3.05, 3.63) is 35.6 Å². The van der Waals surface area contributed by atoms with E-state index in [4.69, 9.17) is 11.6 Å². The van der Waals surface area contributed by atoms with Crippen molar-refractivity contribution in [2.75, 3.05) is 12.4 Å². The minimum Gasteiger partial charge on any atom is -0.338 e. The third-order valence-corrected chi connectivity index (χ3v) is 2.23. The average Bonchev–Trinajstić information content (AvgIpc) is 2.29. The van der Waals surface area contributed by atoms with Crippen molar-refractivity contribution in [3.8, 4) is 0 Å². The molecule has 0 aliphatic carbocycles. The van der Waals surface area contributed by atoms with Crippen LogP contribution in [0.2, 0.25) is 0 Å². The Morgan fingerprint density at radius 1 is 1.25 bits per heavy atom. The van der Waals surface area contributed by atoms with E-state index in [-0.39, 0.29) is 11.8 Å². The summed E-state index contributed by atoms with van der Waals surface area (Å²) in [4.78, 5) is 11.2. The SMILES string of the molecule is O=C(NCCCCl)NCc1ccc(F)cc1. The topological polar surface area (TPSA) is 41.1 Å². The van der Waals surface area contributed by atoms with Gasteiger partial charge in [-0.05, 0) is 24.1 Å². The van der Waals surface area contributed by atoms with E-state index in [0.717, 1.165) is 12.0 Å². The summed E-state index contributed by atoms with van der Waals surface area (Å²) in [5.41, 5.74) is 0.855. The van der Waals surface area contributed by atoms with Gasteiger partial charge in [0.05, 0.1) is 0 Å². The molecule has 5 heteroatoms. The lowest BCUT2D eigenvalue weighted by Crippen LogP contribution is -2.35. The number of benzene rings is 1. The summed E-state index contributed by atoms with van der Waals surface area (Å²) in [7, 11) is 0. The molecule has 0 saturated heterocycles. The number of alkyl halides is 1. The van der Waals surface area contributed by atoms with Crippen molar-refractivity contribution in [2.45, 2.75) is 13.0 Å². The Morgan fingerprint density at radius 3 is 2.56 bits per heavy atom. The smallest absolute Gasteiger partial charge is 0.315 e. The van der Waals surface area contributed by atoms with E-state index in [9.17, 15) is 9.18 Å². The Hall–Kier alpha value is -1.29. The van der Waals surface area contributed by atoms with Gasteiger partial charge in [0.25, 0.3) is 0 Å². The second-order valence-electron chi connectivity index (χ2n) is 3.28. The molecule has 0 aromatic heterocycles. The van der Waals surface area contributed by atoms with Gasteiger partial charge in [-0.15, -0.1) is 11.6 Å². The molecular weight excluding hydrogens is 231 g/mol. The quantitative estimate of drug-likeness (QED) is 0.605. The highest BCUT2D eigenvalue weighted by Gasteiger charge is 1.99. The molecule has 1 aromatic carbocycles. The summed E-state index contributed by atoms with van der Waals surface area (Å²) in [6, 6.07) is 5.75. The predicted molar refractivity (Wildman–Crippen MR) is 62.0 cm³/mol. The fraction of sp³-hybridized carbons (Fsp3) is 0.364. The molecule has 0 saturated carbocycles. The Bertz CT molecular complexity index is 329. The maximum atomic E-state index is 12.6. The van der Waals surface area contributed by atoms with E-state index in [1.54, 1.807) is 12.1 Å². The van der Waals surface area contributed by atoms with Crippen LogP contribution in [0.3, 0.4) is 0 Å². The van der Waals surface area contributed by atoms with Crippen LogP contribution in [0, 0.1) is 5.82 Å². The van der Waals surface area contributed by atoms with Gasteiger partial charge in [0.1, 0.15) is 5.82 Å². The Labute approximate surface area is 99.0 Å². The number of nitrogens with one attached hydrogen (secondary N) is 2. The summed E-state index contributed by atoms with van der Waals surface area (Å²) in [6.45, 7) is 0.936. The standard InChI is InChI=1S/C11H14ClFN2O/c12-6-1-7-14-11(16)15-8-9-2-4-10(13)5-3-9/h2-5H,1,6-8H2,(H2,14,15,16). The molecule has 2 amide bonds. The molecule has 3 nitrogen and oxygen atoms in total. The van der Waals surface area contributed by atoms with Crippen LogP contribution in [0.4, 0.5) is 9.18 Å². The number of hydrogen-bond acceptors (Lipinski definition) is 1. The summed E-state index contributed by atoms with van der Waals surface area (Å²) >= 11 is 5.47. The van der Waals surface area contributed by atoms with Gasteiger partial charge in [0.2, 0.25) is 0 Å². The molecule has 0 radical (unpaired) electrons. The van der Waals surface area contributed by atoms with Crippen LogP contribution >= 0.6 is 11.6 Å². The van der Waals surface area contributed by atoms with Crippen molar-refractivity contribution in [3.63, 3.8) is 0 Å². The van der Waals surface area contributed by atoms with Crippen LogP contribution in [0.1, 0.15) is 12.0 Å². The number of rotatable bonds is 5. The normalized spacial score (nSPS) is 9.88. The minimum absolute atomic E-state index is 0.241. The molecule has 0 atom stereocenters. The van der Waals surface area contributed by atoms with Crippen molar-refractivity contribution >= 4 is 17.6 Å². The lowest BCUT2D eigenvalue weighted by atomic mass is 10.2. The fourth-order valence-corrected chi connectivity index (χ4v) is 1.25. The molecule has 0 aliphatic heterocycles. The number of halogens is 2. The second-order valence-corrected chi connectivity index (χ2v) is 3.66. The lowest BCUT2D eigenvalue weighted by molar-refractivity contribution is 0.240. The summed E-state index contributed by atoms with van der Waals surface area (Å²) in [5, 5.41) is 5.32. The molecule has 1 aromatic rings. The number of carbonyl (C=O) groups is 1. The van der Waals surface area contributed by atoms with Crippen LogP contribution in [0.25, 0.3) is 0 Å². The van der Waals surface area contributed by atoms with E-state index >= 15 is 0 Å². The maximum Gasteiger partial charge on any atom is 0.315 e. The zero-order chi connectivity index (χ0) is 11.8. The molecule has 0 unspecified atom stereocenters. The predicted octanol–water partition coefficient (Wildman–Crippen LogP) is 2.25. The van der Waals surface area contributed by atoms with Gasteiger partial charge in [0.15, 0.2) is 0 Å². The molecule has 0 bridgehead atoms. The fourth-order valence-electron chi connectivity index (χ4n) is 1.12. The number of hydrogen-bond donors (Lipinski definition) is 2. The highest BCUT2D eigenvalue weighted by Crippen LogP contribution is 2.01. The Morgan fingerprint density at radius 2 is 1.94 bits per heavy atom. The largest absolute Gasteiger partial charge is 0.338 e. The van der Waals surface area contributed by atoms with Crippen molar-refractivity contribution < 1.29 is 9.18 Å². The Kier molecular flexibility index (Phi) is 5.64. The molecule has 88 valence electrons. The zero-order valence-electron chi connectivity index (χ0n) is 8.80. The van der Waals surface area contributed by atoms with Gasteiger partial charge in [-0.25, -0.2) is 9.18 Å². The molecule has 0 aliphatic rings. The molecule has 0 fully saturated rings. The van der Waals surface area contributed by atoms with Crippen molar-refractivity contribution in [1.29, 1.82) is 0 Å². The maximum absolute atomic E-state index is 12.6. The first-order valence-electron chi connectivity index (χ1n) is 5.04. The number of amides is 2. The van der Waals surface area contributed by atoms with Crippen LogP contribution in [-0.2, 0) is 6.54 Å². The number of carbonyl (C=O) groups excluding carboxylic acids is 1. The third kappa shape index (κ3) is 4.98. The highest BCUT2D eigenvalue weighted by molar-refractivity contribution is 6.17. The van der Waals surface area contributed by atoms with Gasteiger partial charge < -0.3 is 10.6 Å². The van der Waals surface area contributed by atoms with E-state index < -0.39 is 0 Å². The molecular formula is C11H14ClFN2O. The van der Waals surface area contributed by atoms with Crippen molar-refractivity contribution in [1.82, 2.24) is 10.6 Å².